The largest absolute Gasteiger partial charge is 0.436 e. The molecule has 0 bridgehead atoms. The third-order valence-electron chi connectivity index (χ3n) is 9.48. The Labute approximate surface area is 299 Å². The topological polar surface area (TPSA) is 69.6 Å². The molecule has 6 nitrogen and oxygen atoms in total. The predicted octanol–water partition coefficient (Wildman–Crippen LogP) is 11.4. The normalized spacial score (nSPS) is 11.5. The van der Waals surface area contributed by atoms with Gasteiger partial charge in [0.25, 0.3) is 0 Å². The van der Waals surface area contributed by atoms with Crippen LogP contribution in [0.25, 0.3) is 95.3 Å². The molecule has 0 saturated carbocycles. The number of rotatable bonds is 6. The first-order chi connectivity index (χ1) is 25.7. The van der Waals surface area contributed by atoms with Crippen LogP contribution in [0, 0.1) is 0 Å². The lowest BCUT2D eigenvalue weighted by molar-refractivity contribution is 0.620. The molecular formula is C46H29N5O. The summed E-state index contributed by atoms with van der Waals surface area (Å²) in [6, 6.07) is 60.1. The van der Waals surface area contributed by atoms with Crippen LogP contribution >= 0.6 is 0 Å². The minimum Gasteiger partial charge on any atom is -0.436 e. The molecule has 0 unspecified atom stereocenters. The van der Waals surface area contributed by atoms with Crippen molar-refractivity contribution >= 4 is 32.9 Å². The molecule has 0 amide bonds. The van der Waals surface area contributed by atoms with Gasteiger partial charge in [-0.05, 0) is 71.8 Å². The van der Waals surface area contributed by atoms with Gasteiger partial charge in [0.05, 0.1) is 11.0 Å². The van der Waals surface area contributed by atoms with Crippen LogP contribution in [0.3, 0.4) is 0 Å². The Morgan fingerprint density at radius 1 is 0.365 bits per heavy atom. The van der Waals surface area contributed by atoms with Gasteiger partial charge >= 0.3 is 0 Å². The molecule has 3 aromatic heterocycles. The highest BCUT2D eigenvalue weighted by Gasteiger charge is 2.17. The predicted molar refractivity (Wildman–Crippen MR) is 209 cm³/mol. The summed E-state index contributed by atoms with van der Waals surface area (Å²) in [5.41, 5.74) is 10.7. The minimum atomic E-state index is 0.557. The molecule has 0 aliphatic rings. The van der Waals surface area contributed by atoms with Crippen LogP contribution in [0.15, 0.2) is 180 Å². The van der Waals surface area contributed by atoms with Gasteiger partial charge in [0.2, 0.25) is 5.89 Å². The summed E-state index contributed by atoms with van der Waals surface area (Å²) < 4.78 is 8.76. The van der Waals surface area contributed by atoms with Crippen LogP contribution in [-0.4, -0.2) is 24.5 Å². The molecule has 0 spiro atoms. The van der Waals surface area contributed by atoms with E-state index in [1.807, 2.05) is 84.9 Å². The number of aromatic nitrogens is 5. The van der Waals surface area contributed by atoms with Gasteiger partial charge in [-0.2, -0.15) is 0 Å². The van der Waals surface area contributed by atoms with Crippen LogP contribution in [0.2, 0.25) is 0 Å². The molecule has 3 heterocycles. The van der Waals surface area contributed by atoms with E-state index < -0.39 is 0 Å². The van der Waals surface area contributed by atoms with Gasteiger partial charge in [-0.25, -0.2) is 19.9 Å². The summed E-state index contributed by atoms with van der Waals surface area (Å²) in [4.78, 5) is 19.5. The number of para-hydroxylation sites is 2. The number of hydrogen-bond donors (Lipinski definition) is 0. The average Bonchev–Trinajstić information content (AvgIpc) is 3.81. The summed E-state index contributed by atoms with van der Waals surface area (Å²) in [6.07, 6.45) is 0. The van der Waals surface area contributed by atoms with Crippen LogP contribution < -0.4 is 0 Å². The molecule has 0 aliphatic carbocycles. The van der Waals surface area contributed by atoms with Crippen molar-refractivity contribution in [2.45, 2.75) is 0 Å². The van der Waals surface area contributed by atoms with Crippen LogP contribution in [0.4, 0.5) is 0 Å². The molecule has 0 radical (unpaired) electrons. The molecule has 0 aliphatic heterocycles. The summed E-state index contributed by atoms with van der Waals surface area (Å²) in [5.74, 6) is 2.35. The highest BCUT2D eigenvalue weighted by Crippen LogP contribution is 2.36. The first-order valence-electron chi connectivity index (χ1n) is 17.2. The average molecular weight is 668 g/mol. The van der Waals surface area contributed by atoms with E-state index in [9.17, 15) is 0 Å². The van der Waals surface area contributed by atoms with E-state index in [0.717, 1.165) is 44.6 Å². The second-order valence-corrected chi connectivity index (χ2v) is 12.7. The first-order valence-corrected chi connectivity index (χ1v) is 17.2. The standard InChI is InChI=1S/C46H29N5O/c1-4-13-30(14-5-1)43-48-44(31-15-6-2-7-16-31)50-45(49-43)34-23-25-39-42(29-34)52-46(47-39)35-18-12-17-32(27-35)33-24-26-41-38(28-33)37-21-10-11-22-40(37)51(41)36-19-8-3-9-20-36/h1-29H. The molecule has 10 rings (SSSR count). The summed E-state index contributed by atoms with van der Waals surface area (Å²) in [7, 11) is 0. The van der Waals surface area contributed by atoms with Crippen molar-refractivity contribution in [3.05, 3.63) is 176 Å². The van der Waals surface area contributed by atoms with Gasteiger partial charge in [-0.1, -0.05) is 115 Å². The van der Waals surface area contributed by atoms with E-state index >= 15 is 0 Å². The minimum absolute atomic E-state index is 0.557. The molecule has 10 aromatic rings. The Kier molecular flexibility index (Phi) is 7.03. The lowest BCUT2D eigenvalue weighted by Crippen LogP contribution is -2.00. The Balaban J connectivity index is 1.03. The number of hydrogen-bond acceptors (Lipinski definition) is 5. The molecule has 7 aromatic carbocycles. The second kappa shape index (κ2) is 12.3. The third-order valence-corrected chi connectivity index (χ3v) is 9.48. The van der Waals surface area contributed by atoms with Crippen molar-refractivity contribution in [3.63, 3.8) is 0 Å². The lowest BCUT2D eigenvalue weighted by Gasteiger charge is -2.08. The van der Waals surface area contributed by atoms with Crippen molar-refractivity contribution in [3.8, 4) is 62.4 Å². The van der Waals surface area contributed by atoms with Crippen molar-refractivity contribution in [2.24, 2.45) is 0 Å². The molecule has 6 heteroatoms. The van der Waals surface area contributed by atoms with Crippen LogP contribution in [0.1, 0.15) is 0 Å². The summed E-state index contributed by atoms with van der Waals surface area (Å²) in [5, 5.41) is 2.43. The van der Waals surface area contributed by atoms with Crippen molar-refractivity contribution in [1.82, 2.24) is 24.5 Å². The van der Waals surface area contributed by atoms with Crippen molar-refractivity contribution < 1.29 is 4.42 Å². The lowest BCUT2D eigenvalue weighted by atomic mass is 10.0. The Hall–Kier alpha value is -7.18. The zero-order valence-electron chi connectivity index (χ0n) is 27.9. The zero-order chi connectivity index (χ0) is 34.4. The smallest absolute Gasteiger partial charge is 0.227 e. The zero-order valence-corrected chi connectivity index (χ0v) is 27.9. The molecule has 0 atom stereocenters. The molecule has 244 valence electrons. The maximum Gasteiger partial charge on any atom is 0.227 e. The Morgan fingerprint density at radius 3 is 1.65 bits per heavy atom. The van der Waals surface area contributed by atoms with E-state index in [4.69, 9.17) is 24.4 Å². The number of benzene rings is 7. The monoisotopic (exact) mass is 667 g/mol. The number of fused-ring (bicyclic) bond motifs is 4. The van der Waals surface area contributed by atoms with Gasteiger partial charge in [0.15, 0.2) is 23.1 Å². The molecular weight excluding hydrogens is 639 g/mol. The Bertz CT molecular complexity index is 2840. The van der Waals surface area contributed by atoms with Crippen molar-refractivity contribution in [2.75, 3.05) is 0 Å². The third kappa shape index (κ3) is 5.22. The fraction of sp³-hybridized carbons (Fsp3) is 0. The highest BCUT2D eigenvalue weighted by atomic mass is 16.3. The number of nitrogens with zero attached hydrogens (tertiary/aromatic N) is 5. The van der Waals surface area contributed by atoms with E-state index in [0.29, 0.717) is 28.9 Å². The van der Waals surface area contributed by atoms with E-state index in [2.05, 4.69) is 95.6 Å². The maximum absolute atomic E-state index is 6.43. The fourth-order valence-corrected chi connectivity index (χ4v) is 6.96. The second-order valence-electron chi connectivity index (χ2n) is 12.7. The van der Waals surface area contributed by atoms with E-state index in [1.165, 1.54) is 21.8 Å². The quantitative estimate of drug-likeness (QED) is 0.176. The van der Waals surface area contributed by atoms with Gasteiger partial charge in [-0.3, -0.25) is 0 Å². The molecule has 52 heavy (non-hydrogen) atoms. The van der Waals surface area contributed by atoms with Gasteiger partial charge < -0.3 is 8.98 Å². The van der Waals surface area contributed by atoms with Crippen molar-refractivity contribution in [1.29, 1.82) is 0 Å². The van der Waals surface area contributed by atoms with Gasteiger partial charge in [0, 0.05) is 38.7 Å². The van der Waals surface area contributed by atoms with Crippen LogP contribution in [0.5, 0.6) is 0 Å². The maximum atomic E-state index is 6.43. The highest BCUT2D eigenvalue weighted by molar-refractivity contribution is 6.10. The number of oxazole rings is 1. The first kappa shape index (κ1) is 29.7. The molecule has 0 saturated heterocycles. The SMILES string of the molecule is c1ccc(-c2nc(-c3ccccc3)nc(-c3ccc4nc(-c5cccc(-c6ccc7c(c6)c6ccccc6n7-c6ccccc6)c5)oc4c3)n2)cc1. The summed E-state index contributed by atoms with van der Waals surface area (Å²) >= 11 is 0. The van der Waals surface area contributed by atoms with Gasteiger partial charge in [0.1, 0.15) is 5.52 Å². The Morgan fingerprint density at radius 2 is 0.923 bits per heavy atom. The van der Waals surface area contributed by atoms with Gasteiger partial charge in [-0.15, -0.1) is 0 Å². The molecule has 0 N–H and O–H groups in total. The summed E-state index contributed by atoms with van der Waals surface area (Å²) in [6.45, 7) is 0. The molecule has 0 fully saturated rings. The van der Waals surface area contributed by atoms with E-state index in [1.54, 1.807) is 0 Å². The van der Waals surface area contributed by atoms with Crippen LogP contribution in [-0.2, 0) is 0 Å². The fourth-order valence-electron chi connectivity index (χ4n) is 6.96. The van der Waals surface area contributed by atoms with E-state index in [-0.39, 0.29) is 0 Å².